The van der Waals surface area contributed by atoms with Crippen molar-refractivity contribution in [2.45, 2.75) is 43.9 Å². The van der Waals surface area contributed by atoms with E-state index in [4.69, 9.17) is 11.6 Å². The Balaban J connectivity index is 0.000000153. The lowest BCUT2D eigenvalue weighted by Gasteiger charge is -2.09. The van der Waals surface area contributed by atoms with E-state index in [-0.39, 0.29) is 17.2 Å². The fourth-order valence-corrected chi connectivity index (χ4v) is 5.75. The molecule has 14 heteroatoms. The number of amides is 2. The summed E-state index contributed by atoms with van der Waals surface area (Å²) in [5.41, 5.74) is 2.28. The molecule has 2 amide bonds. The number of benzene rings is 2. The average Bonchev–Trinajstić information content (AvgIpc) is 3.89. The van der Waals surface area contributed by atoms with E-state index in [1.165, 1.54) is 36.3 Å². The molecule has 9 nitrogen and oxygen atoms in total. The molecule has 3 heterocycles. The maximum Gasteiger partial charge on any atom is 0.573 e. The van der Waals surface area contributed by atoms with E-state index in [1.807, 2.05) is 30.3 Å². The van der Waals surface area contributed by atoms with Crippen molar-refractivity contribution >= 4 is 56.5 Å². The van der Waals surface area contributed by atoms with Gasteiger partial charge in [0.25, 0.3) is 11.8 Å². The Kier molecular flexibility index (Phi) is 7.84. The molecule has 0 radical (unpaired) electrons. The van der Waals surface area contributed by atoms with Crippen LogP contribution < -0.4 is 15.4 Å². The Hall–Kier alpha value is -4.36. The van der Waals surface area contributed by atoms with Gasteiger partial charge in [-0.3, -0.25) is 19.8 Å². The van der Waals surface area contributed by atoms with E-state index >= 15 is 0 Å². The van der Waals surface area contributed by atoms with E-state index in [9.17, 15) is 22.8 Å². The molecule has 0 unspecified atom stereocenters. The number of rotatable bonds is 7. The second-order valence-electron chi connectivity index (χ2n) is 10.2. The second-order valence-corrected chi connectivity index (χ2v) is 11.6. The van der Waals surface area contributed by atoms with Crippen molar-refractivity contribution in [3.8, 4) is 5.75 Å². The van der Waals surface area contributed by atoms with Gasteiger partial charge in [0.1, 0.15) is 10.6 Å². The standard InChI is InChI=1S/C15H12ClN3OS.C14H12F3N3O2/c16-13-9-3-1-2-4-11(9)21-14(13)15(20)17-12-7-10(18-19-12)8-5-6-8;15-14(16,17)22-10-5-3-9(4-6-10)13(21)18-12-7-11(19-20-12)8-1-2-8/h1-4,7-8H,5-6H2,(H2,17,18,19,20);3-8H,1-2H2,(H2,18,19,20,21). The van der Waals surface area contributed by atoms with E-state index in [0.29, 0.717) is 33.4 Å². The summed E-state index contributed by atoms with van der Waals surface area (Å²) in [7, 11) is 0. The van der Waals surface area contributed by atoms with E-state index in [2.05, 4.69) is 35.8 Å². The number of anilines is 2. The van der Waals surface area contributed by atoms with Crippen LogP contribution in [0.25, 0.3) is 10.1 Å². The molecule has 0 aliphatic heterocycles. The van der Waals surface area contributed by atoms with Crippen molar-refractivity contribution in [3.05, 3.63) is 87.5 Å². The number of aromatic amines is 2. The summed E-state index contributed by atoms with van der Waals surface area (Å²) in [5, 5.41) is 20.7. The number of H-pyrrole nitrogens is 2. The van der Waals surface area contributed by atoms with Gasteiger partial charge in [-0.05, 0) is 56.0 Å². The summed E-state index contributed by atoms with van der Waals surface area (Å²) < 4.78 is 40.9. The molecule has 3 aromatic heterocycles. The van der Waals surface area contributed by atoms with Gasteiger partial charge in [0.15, 0.2) is 11.6 Å². The first-order valence-electron chi connectivity index (χ1n) is 13.4. The van der Waals surface area contributed by atoms with Crippen molar-refractivity contribution < 1.29 is 27.5 Å². The molecule has 0 spiro atoms. The third-order valence-corrected chi connectivity index (χ3v) is 8.48. The predicted molar refractivity (Wildman–Crippen MR) is 157 cm³/mol. The first-order chi connectivity index (χ1) is 20.6. The van der Waals surface area contributed by atoms with Crippen molar-refractivity contribution in [3.63, 3.8) is 0 Å². The van der Waals surface area contributed by atoms with Gasteiger partial charge in [-0.1, -0.05) is 29.8 Å². The SMILES string of the molecule is O=C(Nc1cc(C2CC2)[nH]n1)c1ccc(OC(F)(F)F)cc1.O=C(Nc1cc(C2CC2)[nH]n1)c1sc2ccccc2c1Cl. The van der Waals surface area contributed by atoms with Crippen molar-refractivity contribution in [1.82, 2.24) is 20.4 Å². The zero-order chi connectivity index (χ0) is 30.1. The summed E-state index contributed by atoms with van der Waals surface area (Å²) in [6, 6.07) is 16.1. The lowest BCUT2D eigenvalue weighted by Crippen LogP contribution is -2.17. The van der Waals surface area contributed by atoms with Crippen molar-refractivity contribution in [2.75, 3.05) is 10.6 Å². The number of halogens is 4. The van der Waals surface area contributed by atoms with E-state index in [0.717, 1.165) is 46.4 Å². The van der Waals surface area contributed by atoms with Crippen LogP contribution >= 0.6 is 22.9 Å². The molecule has 222 valence electrons. The highest BCUT2D eigenvalue weighted by Crippen LogP contribution is 2.40. The van der Waals surface area contributed by atoms with Crippen LogP contribution in [0, 0.1) is 0 Å². The summed E-state index contributed by atoms with van der Waals surface area (Å²) >= 11 is 7.70. The first-order valence-corrected chi connectivity index (χ1v) is 14.6. The molecule has 0 atom stereocenters. The zero-order valence-corrected chi connectivity index (χ0v) is 23.9. The summed E-state index contributed by atoms with van der Waals surface area (Å²) in [6.07, 6.45) is -0.153. The third-order valence-electron chi connectivity index (χ3n) is 6.80. The van der Waals surface area contributed by atoms with Gasteiger partial charge < -0.3 is 15.4 Å². The lowest BCUT2D eigenvalue weighted by molar-refractivity contribution is -0.274. The highest BCUT2D eigenvalue weighted by Gasteiger charge is 2.31. The molecule has 0 bridgehead atoms. The largest absolute Gasteiger partial charge is 0.573 e. The topological polar surface area (TPSA) is 125 Å². The van der Waals surface area contributed by atoms with Crippen molar-refractivity contribution in [2.24, 2.45) is 0 Å². The van der Waals surface area contributed by atoms with Crippen molar-refractivity contribution in [1.29, 1.82) is 0 Å². The minimum atomic E-state index is -4.75. The third kappa shape index (κ3) is 7.17. The van der Waals surface area contributed by atoms with Crippen LogP contribution in [-0.4, -0.2) is 38.6 Å². The van der Waals surface area contributed by atoms with Gasteiger partial charge in [0, 0.05) is 51.0 Å². The fourth-order valence-electron chi connectivity index (χ4n) is 4.34. The number of hydrogen-bond acceptors (Lipinski definition) is 6. The highest BCUT2D eigenvalue weighted by molar-refractivity contribution is 7.21. The molecule has 4 N–H and O–H groups in total. The number of carbonyl (C=O) groups excluding carboxylic acids is 2. The maximum absolute atomic E-state index is 12.4. The van der Waals surface area contributed by atoms with Crippen LogP contribution in [0.4, 0.5) is 24.8 Å². The van der Waals surface area contributed by atoms with Crippen LogP contribution in [0.15, 0.2) is 60.7 Å². The fraction of sp³-hybridized carbons (Fsp3) is 0.241. The Morgan fingerprint density at radius 3 is 1.95 bits per heavy atom. The van der Waals surface area contributed by atoms with Crippen LogP contribution in [0.1, 0.15) is 68.9 Å². The number of carbonyl (C=O) groups is 2. The molecular weight excluding hydrogens is 605 g/mol. The van der Waals surface area contributed by atoms with E-state index < -0.39 is 12.3 Å². The Morgan fingerprint density at radius 1 is 0.860 bits per heavy atom. The van der Waals surface area contributed by atoms with Crippen LogP contribution in [0.5, 0.6) is 5.75 Å². The zero-order valence-electron chi connectivity index (χ0n) is 22.3. The quantitative estimate of drug-likeness (QED) is 0.146. The number of nitrogens with zero attached hydrogens (tertiary/aromatic N) is 2. The number of ether oxygens (including phenoxy) is 1. The number of nitrogens with one attached hydrogen (secondary N) is 4. The van der Waals surface area contributed by atoms with Gasteiger partial charge in [-0.2, -0.15) is 10.2 Å². The molecule has 5 aromatic rings. The number of alkyl halides is 3. The Labute approximate surface area is 251 Å². The van der Waals surface area contributed by atoms with Gasteiger partial charge in [-0.15, -0.1) is 24.5 Å². The number of hydrogen-bond donors (Lipinski definition) is 4. The van der Waals surface area contributed by atoms with Crippen LogP contribution in [-0.2, 0) is 0 Å². The minimum absolute atomic E-state index is 0.213. The van der Waals surface area contributed by atoms with Gasteiger partial charge in [0.2, 0.25) is 0 Å². The Morgan fingerprint density at radius 2 is 1.42 bits per heavy atom. The summed E-state index contributed by atoms with van der Waals surface area (Å²) in [5.74, 6) is 0.966. The molecular formula is C29H24ClF3N6O3S. The molecule has 2 aromatic carbocycles. The van der Waals surface area contributed by atoms with Crippen LogP contribution in [0.3, 0.4) is 0 Å². The van der Waals surface area contributed by atoms with Crippen LogP contribution in [0.2, 0.25) is 5.02 Å². The van der Waals surface area contributed by atoms with Gasteiger partial charge in [0.05, 0.1) is 5.02 Å². The van der Waals surface area contributed by atoms with Gasteiger partial charge >= 0.3 is 6.36 Å². The molecule has 2 aliphatic rings. The smallest absolute Gasteiger partial charge is 0.406 e. The minimum Gasteiger partial charge on any atom is -0.406 e. The monoisotopic (exact) mass is 628 g/mol. The first kappa shape index (κ1) is 28.7. The highest BCUT2D eigenvalue weighted by atomic mass is 35.5. The summed E-state index contributed by atoms with van der Waals surface area (Å²) in [6.45, 7) is 0. The summed E-state index contributed by atoms with van der Waals surface area (Å²) in [4.78, 5) is 24.9. The normalized spacial score (nSPS) is 14.6. The molecule has 0 saturated heterocycles. The molecule has 2 aliphatic carbocycles. The average molecular weight is 629 g/mol. The number of thiophene rings is 1. The van der Waals surface area contributed by atoms with Gasteiger partial charge in [-0.25, -0.2) is 0 Å². The molecule has 2 fully saturated rings. The number of aromatic nitrogens is 4. The molecule has 2 saturated carbocycles. The Bertz CT molecular complexity index is 1770. The lowest BCUT2D eigenvalue weighted by atomic mass is 10.2. The number of fused-ring (bicyclic) bond motifs is 1. The predicted octanol–water partition coefficient (Wildman–Crippen LogP) is 7.85. The van der Waals surface area contributed by atoms with E-state index in [1.54, 1.807) is 6.07 Å². The maximum atomic E-state index is 12.4. The molecule has 7 rings (SSSR count). The second kappa shape index (κ2) is 11.7. The molecule has 43 heavy (non-hydrogen) atoms.